The van der Waals surface area contributed by atoms with E-state index < -0.39 is 0 Å². The van der Waals surface area contributed by atoms with Crippen LogP contribution in [0.15, 0.2) is 59.7 Å². The van der Waals surface area contributed by atoms with Crippen LogP contribution in [0.3, 0.4) is 0 Å². The number of imidazole rings is 3. The van der Waals surface area contributed by atoms with Crippen LogP contribution >= 0.6 is 0 Å². The summed E-state index contributed by atoms with van der Waals surface area (Å²) in [5.74, 6) is 2.77. The zero-order valence-electron chi connectivity index (χ0n) is 26.2. The summed E-state index contributed by atoms with van der Waals surface area (Å²) in [7, 11) is 0. The third-order valence-electron chi connectivity index (χ3n) is 8.54. The van der Waals surface area contributed by atoms with Crippen molar-refractivity contribution < 1.29 is 0 Å². The number of fused-ring (bicyclic) bond motifs is 3. The van der Waals surface area contributed by atoms with Crippen molar-refractivity contribution in [3.8, 4) is 0 Å². The second-order valence-corrected chi connectivity index (χ2v) is 12.6. The largest absolute Gasteiger partial charge is 0.329 e. The van der Waals surface area contributed by atoms with E-state index in [0.717, 1.165) is 81.8 Å². The zero-order chi connectivity index (χ0) is 31.0. The van der Waals surface area contributed by atoms with E-state index in [-0.39, 0.29) is 5.69 Å². The maximum atomic E-state index is 14.3. The van der Waals surface area contributed by atoms with Gasteiger partial charge in [0.25, 0.3) is 0 Å². The highest BCUT2D eigenvalue weighted by Gasteiger charge is 2.20. The number of rotatable bonds is 12. The van der Waals surface area contributed by atoms with Gasteiger partial charge >= 0.3 is 5.69 Å². The first-order chi connectivity index (χ1) is 21.3. The van der Waals surface area contributed by atoms with Crippen molar-refractivity contribution in [2.24, 2.45) is 23.3 Å². The second-order valence-electron chi connectivity index (χ2n) is 12.6. The van der Waals surface area contributed by atoms with E-state index in [1.165, 1.54) is 0 Å². The normalized spacial score (nSPS) is 12.2. The van der Waals surface area contributed by atoms with Gasteiger partial charge in [-0.3, -0.25) is 14.1 Å². The van der Waals surface area contributed by atoms with Crippen LogP contribution in [0.5, 0.6) is 0 Å². The van der Waals surface area contributed by atoms with E-state index >= 15 is 0 Å². The third-order valence-corrected chi connectivity index (χ3v) is 8.54. The summed E-state index contributed by atoms with van der Waals surface area (Å²) in [4.78, 5) is 28.7. The Hall–Kier alpha value is -4.28. The van der Waals surface area contributed by atoms with Crippen molar-refractivity contribution in [1.29, 1.82) is 0 Å². The molecule has 10 heteroatoms. The van der Waals surface area contributed by atoms with Gasteiger partial charge in [0.2, 0.25) is 0 Å². The summed E-state index contributed by atoms with van der Waals surface area (Å²) in [5.41, 5.74) is 19.4. The molecule has 10 nitrogen and oxygen atoms in total. The summed E-state index contributed by atoms with van der Waals surface area (Å²) in [6, 6.07) is 14.3. The lowest BCUT2D eigenvalue weighted by atomic mass is 10.1. The smallest absolute Gasteiger partial charge is 0.326 e. The van der Waals surface area contributed by atoms with Crippen LogP contribution in [0.2, 0.25) is 0 Å². The molecule has 0 atom stereocenters. The van der Waals surface area contributed by atoms with Crippen LogP contribution in [0, 0.1) is 11.8 Å². The van der Waals surface area contributed by atoms with Crippen molar-refractivity contribution >= 4 is 33.1 Å². The van der Waals surface area contributed by atoms with Gasteiger partial charge in [-0.05, 0) is 66.1 Å². The van der Waals surface area contributed by atoms with Gasteiger partial charge in [-0.15, -0.1) is 0 Å². The minimum Gasteiger partial charge on any atom is -0.326 e. The average molecular weight is 594 g/mol. The van der Waals surface area contributed by atoms with Gasteiger partial charge in [-0.2, -0.15) is 0 Å². The van der Waals surface area contributed by atoms with Crippen LogP contribution in [0.1, 0.15) is 63.3 Å². The maximum Gasteiger partial charge on any atom is 0.329 e. The Bertz CT molecular complexity index is 1850. The predicted octanol–water partition coefficient (Wildman–Crippen LogP) is 5.00. The fourth-order valence-corrected chi connectivity index (χ4v) is 5.97. The molecule has 0 aliphatic rings. The maximum absolute atomic E-state index is 14.3. The van der Waals surface area contributed by atoms with Gasteiger partial charge in [-0.25, -0.2) is 14.8 Å². The van der Waals surface area contributed by atoms with Crippen LogP contribution in [0.4, 0.5) is 0 Å². The van der Waals surface area contributed by atoms with Crippen LogP contribution in [-0.2, 0) is 39.3 Å². The highest BCUT2D eigenvalue weighted by molar-refractivity contribution is 5.79. The molecule has 6 rings (SSSR count). The quantitative estimate of drug-likeness (QED) is 0.206. The first-order valence-corrected chi connectivity index (χ1v) is 15.7. The Labute approximate surface area is 257 Å². The van der Waals surface area contributed by atoms with Crippen molar-refractivity contribution in [3.63, 3.8) is 0 Å². The van der Waals surface area contributed by atoms with Crippen LogP contribution < -0.4 is 17.2 Å². The van der Waals surface area contributed by atoms with Crippen molar-refractivity contribution in [2.45, 2.75) is 79.8 Å². The molecule has 0 spiro atoms. The number of aryl methyl sites for hydroxylation is 2. The van der Waals surface area contributed by atoms with Gasteiger partial charge in [-0.1, -0.05) is 39.8 Å². The van der Waals surface area contributed by atoms with E-state index in [2.05, 4.69) is 78.2 Å². The summed E-state index contributed by atoms with van der Waals surface area (Å²) < 4.78 is 8.13. The molecule has 0 radical (unpaired) electrons. The van der Waals surface area contributed by atoms with Crippen LogP contribution in [-0.4, -0.2) is 33.2 Å². The van der Waals surface area contributed by atoms with Crippen molar-refractivity contribution in [2.75, 3.05) is 0 Å². The Balaban J connectivity index is 1.45. The molecule has 0 aliphatic heterocycles. The molecule has 4 N–H and O–H groups in total. The average Bonchev–Trinajstić information content (AvgIpc) is 3.63. The lowest BCUT2D eigenvalue weighted by Gasteiger charge is -2.12. The number of nitrogens with two attached hydrogens (primary N) is 2. The predicted molar refractivity (Wildman–Crippen MR) is 176 cm³/mol. The number of aromatic nitrogens is 7. The molecule has 0 saturated heterocycles. The monoisotopic (exact) mass is 593 g/mol. The molecule has 4 aromatic heterocycles. The highest BCUT2D eigenvalue weighted by atomic mass is 16.1. The zero-order valence-corrected chi connectivity index (χ0v) is 26.2. The fraction of sp³-hybridized carbons (Fsp3) is 0.412. The Morgan fingerprint density at radius 2 is 1.16 bits per heavy atom. The van der Waals surface area contributed by atoms with E-state index in [1.807, 2.05) is 10.6 Å². The minimum atomic E-state index is -0.108. The molecule has 6 aromatic rings. The SMILES string of the molecule is CC(C)CCn1c(Cn2c(=O)n(Cc3nc4cc(CN)ccc4n3CCC(C)C)c3cnccc32)nc2cc(CN)ccc21. The van der Waals surface area contributed by atoms with Crippen LogP contribution in [0.25, 0.3) is 33.1 Å². The van der Waals surface area contributed by atoms with Crippen molar-refractivity contribution in [3.05, 3.63) is 88.1 Å². The molecule has 230 valence electrons. The molecule has 0 bridgehead atoms. The number of hydrogen-bond acceptors (Lipinski definition) is 6. The summed E-state index contributed by atoms with van der Waals surface area (Å²) in [6.07, 6.45) is 5.53. The molecule has 0 unspecified atom stereocenters. The molecule has 2 aromatic carbocycles. The summed E-state index contributed by atoms with van der Waals surface area (Å²) >= 11 is 0. The van der Waals surface area contributed by atoms with E-state index in [1.54, 1.807) is 17.0 Å². The van der Waals surface area contributed by atoms with Crippen molar-refractivity contribution in [1.82, 2.24) is 33.2 Å². The lowest BCUT2D eigenvalue weighted by molar-refractivity contribution is 0.503. The summed E-state index contributed by atoms with van der Waals surface area (Å²) in [5, 5.41) is 0. The van der Waals surface area contributed by atoms with Gasteiger partial charge < -0.3 is 20.6 Å². The minimum absolute atomic E-state index is 0.108. The van der Waals surface area contributed by atoms with E-state index in [4.69, 9.17) is 21.4 Å². The molecule has 4 heterocycles. The molecule has 0 aliphatic carbocycles. The Kier molecular flexibility index (Phi) is 8.38. The topological polar surface area (TPSA) is 127 Å². The molecule has 0 saturated carbocycles. The summed E-state index contributed by atoms with van der Waals surface area (Å²) in [6.45, 7) is 12.1. The molecular formula is C34H43N9O. The molecule has 0 amide bonds. The lowest BCUT2D eigenvalue weighted by Crippen LogP contribution is -2.27. The van der Waals surface area contributed by atoms with E-state index in [0.29, 0.717) is 38.0 Å². The Morgan fingerprint density at radius 3 is 1.64 bits per heavy atom. The highest BCUT2D eigenvalue weighted by Crippen LogP contribution is 2.24. The first kappa shape index (κ1) is 29.8. The standard InChI is InChI=1S/C34H43N9O/c1-22(2)10-13-40-28-7-5-24(17-35)15-26(28)38-32(40)20-42-30-9-12-37-19-31(30)43(34(42)44)21-33-39-27-16-25(18-36)6-8-29(27)41(33)14-11-23(3)4/h5-9,12,15-16,19,22-23H,10-11,13-14,17-18,20-21,35-36H2,1-4H3. The molecular weight excluding hydrogens is 550 g/mol. The third kappa shape index (κ3) is 5.67. The second kappa shape index (κ2) is 12.4. The number of pyridine rings is 1. The van der Waals surface area contributed by atoms with E-state index in [9.17, 15) is 4.79 Å². The molecule has 44 heavy (non-hydrogen) atoms. The number of nitrogens with zero attached hydrogens (tertiary/aromatic N) is 7. The van der Waals surface area contributed by atoms with Gasteiger partial charge in [0.1, 0.15) is 11.6 Å². The molecule has 0 fully saturated rings. The first-order valence-electron chi connectivity index (χ1n) is 15.7. The van der Waals surface area contributed by atoms with Gasteiger partial charge in [0.05, 0.1) is 52.4 Å². The Morgan fingerprint density at radius 1 is 0.659 bits per heavy atom. The van der Waals surface area contributed by atoms with Gasteiger partial charge in [0, 0.05) is 32.4 Å². The van der Waals surface area contributed by atoms with Gasteiger partial charge in [0.15, 0.2) is 0 Å². The number of hydrogen-bond donors (Lipinski definition) is 2. The fourth-order valence-electron chi connectivity index (χ4n) is 5.97. The number of benzene rings is 2.